The number of hydrogen-bond acceptors (Lipinski definition) is 2. The second-order valence-corrected chi connectivity index (χ2v) is 5.65. The van der Waals surface area contributed by atoms with Crippen LogP contribution in [0.5, 0.6) is 0 Å². The van der Waals surface area contributed by atoms with E-state index in [0.717, 1.165) is 37.7 Å². The van der Waals surface area contributed by atoms with Crippen molar-refractivity contribution in [3.8, 4) is 0 Å². The summed E-state index contributed by atoms with van der Waals surface area (Å²) < 4.78 is 0. The number of nitrogens with one attached hydrogen (secondary N) is 1. The fraction of sp³-hybridized carbons (Fsp3) is 0.368. The number of aryl methyl sites for hydroxylation is 1. The van der Waals surface area contributed by atoms with E-state index in [0.29, 0.717) is 0 Å². The number of aliphatic imine (C=N–C) groups is 1. The fourth-order valence-electron chi connectivity index (χ4n) is 2.33. The van der Waals surface area contributed by atoms with Gasteiger partial charge < -0.3 is 10.2 Å². The fourth-order valence-corrected chi connectivity index (χ4v) is 2.33. The van der Waals surface area contributed by atoms with Crippen molar-refractivity contribution < 1.29 is 0 Å². The Balaban J connectivity index is 1.95. The maximum absolute atomic E-state index is 4.71. The Labute approximate surface area is 139 Å². The molecule has 2 rings (SSSR count). The van der Waals surface area contributed by atoms with E-state index in [1.54, 1.807) is 0 Å². The second kappa shape index (κ2) is 8.93. The van der Waals surface area contributed by atoms with Gasteiger partial charge in [-0.1, -0.05) is 35.9 Å². The molecule has 0 bridgehead atoms. The summed E-state index contributed by atoms with van der Waals surface area (Å²) >= 11 is 0. The number of rotatable bonds is 6. The van der Waals surface area contributed by atoms with Gasteiger partial charge in [-0.25, -0.2) is 0 Å². The Morgan fingerprint density at radius 2 is 1.96 bits per heavy atom. The van der Waals surface area contributed by atoms with Gasteiger partial charge in [-0.15, -0.1) is 0 Å². The van der Waals surface area contributed by atoms with Crippen molar-refractivity contribution in [1.29, 1.82) is 0 Å². The molecule has 0 radical (unpaired) electrons. The maximum atomic E-state index is 4.71. The third-order valence-corrected chi connectivity index (χ3v) is 3.59. The van der Waals surface area contributed by atoms with E-state index in [-0.39, 0.29) is 0 Å². The van der Waals surface area contributed by atoms with E-state index >= 15 is 0 Å². The molecule has 4 nitrogen and oxygen atoms in total. The van der Waals surface area contributed by atoms with Crippen LogP contribution in [0.4, 0.5) is 0 Å². The highest BCUT2D eigenvalue weighted by Crippen LogP contribution is 2.06. The molecule has 0 fully saturated rings. The van der Waals surface area contributed by atoms with E-state index in [4.69, 9.17) is 4.99 Å². The lowest BCUT2D eigenvalue weighted by atomic mass is 10.1. The summed E-state index contributed by atoms with van der Waals surface area (Å²) in [4.78, 5) is 11.2. The van der Waals surface area contributed by atoms with E-state index in [1.165, 1.54) is 11.1 Å². The molecule has 0 amide bonds. The number of aromatic nitrogens is 1. The van der Waals surface area contributed by atoms with Crippen molar-refractivity contribution >= 4 is 5.96 Å². The van der Waals surface area contributed by atoms with Gasteiger partial charge in [-0.2, -0.15) is 0 Å². The lowest BCUT2D eigenvalue weighted by molar-refractivity contribution is 0.477. The van der Waals surface area contributed by atoms with E-state index in [1.807, 2.05) is 24.4 Å². The lowest BCUT2D eigenvalue weighted by Crippen LogP contribution is -2.38. The second-order valence-electron chi connectivity index (χ2n) is 5.65. The SMILES string of the molecule is CCNC(=NCCc1ccccn1)N(C)Cc1ccc(C)cc1. The zero-order valence-electron chi connectivity index (χ0n) is 14.3. The van der Waals surface area contributed by atoms with Crippen molar-refractivity contribution in [3.63, 3.8) is 0 Å². The molecule has 1 N–H and O–H groups in total. The number of hydrogen-bond donors (Lipinski definition) is 1. The molecular weight excluding hydrogens is 284 g/mol. The zero-order chi connectivity index (χ0) is 16.5. The van der Waals surface area contributed by atoms with Gasteiger partial charge in [-0.3, -0.25) is 9.98 Å². The average molecular weight is 310 g/mol. The molecule has 1 aromatic carbocycles. The number of nitrogens with zero attached hydrogens (tertiary/aromatic N) is 3. The minimum atomic E-state index is 0.734. The molecule has 23 heavy (non-hydrogen) atoms. The van der Waals surface area contributed by atoms with Gasteiger partial charge in [0.1, 0.15) is 0 Å². The first-order chi connectivity index (χ1) is 11.2. The lowest BCUT2D eigenvalue weighted by Gasteiger charge is -2.22. The maximum Gasteiger partial charge on any atom is 0.193 e. The van der Waals surface area contributed by atoms with Gasteiger partial charge in [0.05, 0.1) is 0 Å². The Bertz CT molecular complexity index is 605. The summed E-state index contributed by atoms with van der Waals surface area (Å²) in [7, 11) is 2.07. The van der Waals surface area contributed by atoms with Crippen LogP contribution in [0.3, 0.4) is 0 Å². The molecule has 0 saturated carbocycles. The first-order valence-corrected chi connectivity index (χ1v) is 8.14. The zero-order valence-corrected chi connectivity index (χ0v) is 14.3. The number of benzene rings is 1. The molecule has 0 aliphatic heterocycles. The summed E-state index contributed by atoms with van der Waals surface area (Å²) in [5, 5.41) is 3.36. The third kappa shape index (κ3) is 5.74. The summed E-state index contributed by atoms with van der Waals surface area (Å²) in [6.07, 6.45) is 2.68. The molecule has 0 aliphatic carbocycles. The molecule has 122 valence electrons. The van der Waals surface area contributed by atoms with Crippen LogP contribution in [0.25, 0.3) is 0 Å². The highest BCUT2D eigenvalue weighted by atomic mass is 15.3. The normalized spacial score (nSPS) is 11.3. The minimum Gasteiger partial charge on any atom is -0.357 e. The van der Waals surface area contributed by atoms with Crippen LogP contribution in [0.2, 0.25) is 0 Å². The van der Waals surface area contributed by atoms with Crippen LogP contribution in [0.15, 0.2) is 53.7 Å². The Morgan fingerprint density at radius 3 is 2.61 bits per heavy atom. The average Bonchev–Trinajstić information content (AvgIpc) is 2.57. The molecule has 1 aromatic heterocycles. The first-order valence-electron chi connectivity index (χ1n) is 8.14. The van der Waals surface area contributed by atoms with Crippen LogP contribution in [-0.4, -0.2) is 36.0 Å². The topological polar surface area (TPSA) is 40.5 Å². The monoisotopic (exact) mass is 310 g/mol. The van der Waals surface area contributed by atoms with Gasteiger partial charge in [0.2, 0.25) is 0 Å². The predicted octanol–water partition coefficient (Wildman–Crippen LogP) is 3.03. The third-order valence-electron chi connectivity index (χ3n) is 3.59. The van der Waals surface area contributed by atoms with Crippen LogP contribution >= 0.6 is 0 Å². The summed E-state index contributed by atoms with van der Waals surface area (Å²) in [5.41, 5.74) is 3.65. The smallest absolute Gasteiger partial charge is 0.193 e. The number of guanidine groups is 1. The Morgan fingerprint density at radius 1 is 1.17 bits per heavy atom. The Hall–Kier alpha value is -2.36. The van der Waals surface area contributed by atoms with Crippen molar-refractivity contribution in [1.82, 2.24) is 15.2 Å². The molecule has 2 aromatic rings. The van der Waals surface area contributed by atoms with Crippen LogP contribution in [-0.2, 0) is 13.0 Å². The van der Waals surface area contributed by atoms with Crippen LogP contribution in [0.1, 0.15) is 23.7 Å². The van der Waals surface area contributed by atoms with Crippen LogP contribution in [0, 0.1) is 6.92 Å². The summed E-state index contributed by atoms with van der Waals surface area (Å²) in [6.45, 7) is 6.64. The molecule has 0 spiro atoms. The first kappa shape index (κ1) is 17.0. The summed E-state index contributed by atoms with van der Waals surface area (Å²) in [5.74, 6) is 0.934. The molecule has 1 heterocycles. The predicted molar refractivity (Wildman–Crippen MR) is 96.6 cm³/mol. The molecule has 4 heteroatoms. The van der Waals surface area contributed by atoms with Gasteiger partial charge >= 0.3 is 0 Å². The van der Waals surface area contributed by atoms with E-state index in [2.05, 4.69) is 60.4 Å². The van der Waals surface area contributed by atoms with Crippen molar-refractivity contribution in [2.45, 2.75) is 26.8 Å². The molecule has 0 atom stereocenters. The highest BCUT2D eigenvalue weighted by molar-refractivity contribution is 5.79. The molecule has 0 unspecified atom stereocenters. The van der Waals surface area contributed by atoms with Gasteiger partial charge in [-0.05, 0) is 31.5 Å². The Kier molecular flexibility index (Phi) is 6.60. The quantitative estimate of drug-likeness (QED) is 0.658. The van der Waals surface area contributed by atoms with E-state index < -0.39 is 0 Å². The largest absolute Gasteiger partial charge is 0.357 e. The van der Waals surface area contributed by atoms with E-state index in [9.17, 15) is 0 Å². The van der Waals surface area contributed by atoms with Gasteiger partial charge in [0.15, 0.2) is 5.96 Å². The molecule has 0 saturated heterocycles. The number of pyridine rings is 1. The molecule has 0 aliphatic rings. The van der Waals surface area contributed by atoms with Crippen LogP contribution < -0.4 is 5.32 Å². The highest BCUT2D eigenvalue weighted by Gasteiger charge is 2.06. The molecular formula is C19H26N4. The van der Waals surface area contributed by atoms with Crippen molar-refractivity contribution in [3.05, 3.63) is 65.5 Å². The summed E-state index contributed by atoms with van der Waals surface area (Å²) in [6, 6.07) is 14.6. The standard InChI is InChI=1S/C19H26N4/c1-4-20-19(22-14-12-18-7-5-6-13-21-18)23(3)15-17-10-8-16(2)9-11-17/h5-11,13H,4,12,14-15H2,1-3H3,(H,20,22). The van der Waals surface area contributed by atoms with Gasteiger partial charge in [0, 0.05) is 45.0 Å². The van der Waals surface area contributed by atoms with Crippen molar-refractivity contribution in [2.75, 3.05) is 20.1 Å². The van der Waals surface area contributed by atoms with Gasteiger partial charge in [0.25, 0.3) is 0 Å². The van der Waals surface area contributed by atoms with Crippen molar-refractivity contribution in [2.24, 2.45) is 4.99 Å². The minimum absolute atomic E-state index is 0.734.